The van der Waals surface area contributed by atoms with E-state index in [1.54, 1.807) is 6.07 Å². The fourth-order valence-electron chi connectivity index (χ4n) is 1.60. The maximum absolute atomic E-state index is 11.0. The number of nitrogen functional groups attached to an aromatic ring is 1. The maximum atomic E-state index is 11.0. The molecule has 8 heteroatoms. The number of nitrogens with zero attached hydrogens (tertiary/aromatic N) is 3. The predicted octanol–water partition coefficient (Wildman–Crippen LogP) is 2.68. The molecule has 2 N–H and O–H groups in total. The van der Waals surface area contributed by atoms with Crippen LogP contribution in [0.4, 0.5) is 11.5 Å². The summed E-state index contributed by atoms with van der Waals surface area (Å²) in [6, 6.07) is 8.86. The summed E-state index contributed by atoms with van der Waals surface area (Å²) in [6.07, 6.45) is 0. The Morgan fingerprint density at radius 1 is 1.43 bits per heavy atom. The van der Waals surface area contributed by atoms with Crippen LogP contribution in [-0.4, -0.2) is 9.91 Å². The molecule has 7 nitrogen and oxygen atoms in total. The van der Waals surface area contributed by atoms with Gasteiger partial charge < -0.3 is 10.5 Å². The lowest BCUT2D eigenvalue weighted by Gasteiger charge is -2.08. The van der Waals surface area contributed by atoms with E-state index in [4.69, 9.17) is 27.3 Å². The Kier molecular flexibility index (Phi) is 4.21. The summed E-state index contributed by atoms with van der Waals surface area (Å²) in [5.41, 5.74) is 5.79. The van der Waals surface area contributed by atoms with Gasteiger partial charge in [0.2, 0.25) is 0 Å². The van der Waals surface area contributed by atoms with Crippen molar-refractivity contribution in [3.8, 4) is 11.8 Å². The molecule has 0 aliphatic carbocycles. The molecular weight excluding hydrogens is 296 g/mol. The van der Waals surface area contributed by atoms with Gasteiger partial charge in [0, 0.05) is 6.07 Å². The molecule has 0 aliphatic rings. The SMILES string of the molecule is N#Cc1ccc(OCc2nc(N)ccc2Cl)c([N+](=O)[O-])c1. The second-order valence-electron chi connectivity index (χ2n) is 4.00. The lowest BCUT2D eigenvalue weighted by atomic mass is 10.2. The third-order valence-corrected chi connectivity index (χ3v) is 2.93. The minimum absolute atomic E-state index is 0.0271. The zero-order valence-electron chi connectivity index (χ0n) is 10.6. The second kappa shape index (κ2) is 6.07. The number of ether oxygens (including phenoxy) is 1. The Labute approximate surface area is 124 Å². The molecule has 1 heterocycles. The normalized spacial score (nSPS) is 9.90. The van der Waals surface area contributed by atoms with Crippen LogP contribution in [0, 0.1) is 21.4 Å². The summed E-state index contributed by atoms with van der Waals surface area (Å²) < 4.78 is 5.37. The molecule has 21 heavy (non-hydrogen) atoms. The Morgan fingerprint density at radius 3 is 2.86 bits per heavy atom. The number of rotatable bonds is 4. The summed E-state index contributed by atoms with van der Waals surface area (Å²) in [5.74, 6) is 0.298. The molecule has 0 saturated carbocycles. The van der Waals surface area contributed by atoms with Crippen molar-refractivity contribution in [2.75, 3.05) is 5.73 Å². The Bertz CT molecular complexity index is 743. The molecule has 1 aromatic heterocycles. The van der Waals surface area contributed by atoms with Crippen molar-refractivity contribution in [2.45, 2.75) is 6.61 Å². The van der Waals surface area contributed by atoms with Crippen molar-refractivity contribution in [1.82, 2.24) is 4.98 Å². The third-order valence-electron chi connectivity index (χ3n) is 2.59. The molecule has 0 spiro atoms. The number of anilines is 1. The van der Waals surface area contributed by atoms with Crippen LogP contribution in [0.15, 0.2) is 30.3 Å². The Morgan fingerprint density at radius 2 is 2.19 bits per heavy atom. The summed E-state index contributed by atoms with van der Waals surface area (Å²) in [6.45, 7) is -0.0728. The van der Waals surface area contributed by atoms with E-state index in [0.29, 0.717) is 10.7 Å². The number of nitro benzene ring substituents is 1. The van der Waals surface area contributed by atoms with Gasteiger partial charge in [-0.25, -0.2) is 4.98 Å². The molecule has 0 radical (unpaired) electrons. The molecule has 0 aliphatic heterocycles. The van der Waals surface area contributed by atoms with Crippen molar-refractivity contribution in [1.29, 1.82) is 5.26 Å². The van der Waals surface area contributed by atoms with Crippen molar-refractivity contribution >= 4 is 23.1 Å². The highest BCUT2D eigenvalue weighted by molar-refractivity contribution is 6.31. The number of halogens is 1. The van der Waals surface area contributed by atoms with E-state index in [2.05, 4.69) is 4.98 Å². The smallest absolute Gasteiger partial charge is 0.312 e. The van der Waals surface area contributed by atoms with Gasteiger partial charge in [0.05, 0.1) is 27.3 Å². The maximum Gasteiger partial charge on any atom is 0.312 e. The number of pyridine rings is 1. The number of hydrogen-bond acceptors (Lipinski definition) is 6. The van der Waals surface area contributed by atoms with Crippen molar-refractivity contribution in [3.05, 3.63) is 56.7 Å². The zero-order valence-corrected chi connectivity index (χ0v) is 11.4. The van der Waals surface area contributed by atoms with Gasteiger partial charge in [-0.1, -0.05) is 11.6 Å². The first-order valence-corrected chi connectivity index (χ1v) is 6.11. The van der Waals surface area contributed by atoms with E-state index in [-0.39, 0.29) is 29.4 Å². The van der Waals surface area contributed by atoms with Gasteiger partial charge >= 0.3 is 5.69 Å². The number of aromatic nitrogens is 1. The quantitative estimate of drug-likeness (QED) is 0.685. The Balaban J connectivity index is 2.26. The minimum atomic E-state index is -0.620. The van der Waals surface area contributed by atoms with Gasteiger partial charge in [-0.3, -0.25) is 10.1 Å². The van der Waals surface area contributed by atoms with Crippen LogP contribution < -0.4 is 10.5 Å². The van der Waals surface area contributed by atoms with Crippen molar-refractivity contribution in [3.63, 3.8) is 0 Å². The highest BCUT2D eigenvalue weighted by atomic mass is 35.5. The van der Waals surface area contributed by atoms with Gasteiger partial charge in [-0.05, 0) is 24.3 Å². The van der Waals surface area contributed by atoms with E-state index in [0.717, 1.165) is 6.07 Å². The van der Waals surface area contributed by atoms with Gasteiger partial charge in [0.1, 0.15) is 12.4 Å². The standard InChI is InChI=1S/C13H9ClN4O3/c14-9-2-4-13(16)17-10(9)7-21-12-3-1-8(6-15)5-11(12)18(19)20/h1-5H,7H2,(H2,16,17). The molecule has 0 amide bonds. The molecule has 1 aromatic carbocycles. The first-order chi connectivity index (χ1) is 10.0. The largest absolute Gasteiger partial charge is 0.480 e. The lowest BCUT2D eigenvalue weighted by molar-refractivity contribution is -0.386. The van der Waals surface area contributed by atoms with Crippen LogP contribution in [0.2, 0.25) is 5.02 Å². The summed E-state index contributed by atoms with van der Waals surface area (Å²) in [4.78, 5) is 14.4. The Hall–Kier alpha value is -2.85. The summed E-state index contributed by atoms with van der Waals surface area (Å²) in [7, 11) is 0. The van der Waals surface area contributed by atoms with E-state index in [9.17, 15) is 10.1 Å². The second-order valence-corrected chi connectivity index (χ2v) is 4.41. The molecule has 2 aromatic rings. The molecule has 0 bridgehead atoms. The number of nitriles is 1. The highest BCUT2D eigenvalue weighted by Gasteiger charge is 2.17. The van der Waals surface area contributed by atoms with E-state index in [1.165, 1.54) is 18.2 Å². The molecule has 106 valence electrons. The highest BCUT2D eigenvalue weighted by Crippen LogP contribution is 2.29. The molecule has 0 fully saturated rings. The first-order valence-electron chi connectivity index (χ1n) is 5.73. The van der Waals surface area contributed by atoms with Crippen LogP contribution >= 0.6 is 11.6 Å². The van der Waals surface area contributed by atoms with Crippen LogP contribution in [0.5, 0.6) is 5.75 Å². The van der Waals surface area contributed by atoms with E-state index in [1.807, 2.05) is 6.07 Å². The topological polar surface area (TPSA) is 115 Å². The van der Waals surface area contributed by atoms with Gasteiger partial charge in [-0.15, -0.1) is 0 Å². The number of nitrogens with two attached hydrogens (primary N) is 1. The third kappa shape index (κ3) is 3.38. The van der Waals surface area contributed by atoms with Gasteiger partial charge in [-0.2, -0.15) is 5.26 Å². The first kappa shape index (κ1) is 14.6. The average molecular weight is 305 g/mol. The number of nitro groups is 1. The predicted molar refractivity (Wildman–Crippen MR) is 75.8 cm³/mol. The number of benzene rings is 1. The van der Waals surface area contributed by atoms with E-state index >= 15 is 0 Å². The van der Waals surface area contributed by atoms with Crippen LogP contribution in [0.3, 0.4) is 0 Å². The fraction of sp³-hybridized carbons (Fsp3) is 0.0769. The molecule has 0 atom stereocenters. The van der Waals surface area contributed by atoms with Crippen LogP contribution in [0.25, 0.3) is 0 Å². The summed E-state index contributed by atoms with van der Waals surface area (Å²) >= 11 is 5.94. The average Bonchev–Trinajstić information content (AvgIpc) is 2.48. The molecular formula is C13H9ClN4O3. The van der Waals surface area contributed by atoms with E-state index < -0.39 is 4.92 Å². The van der Waals surface area contributed by atoms with Gasteiger partial charge in [0.15, 0.2) is 5.75 Å². The molecule has 2 rings (SSSR count). The lowest BCUT2D eigenvalue weighted by Crippen LogP contribution is -2.03. The van der Waals surface area contributed by atoms with Gasteiger partial charge in [0.25, 0.3) is 0 Å². The van der Waals surface area contributed by atoms with Crippen LogP contribution in [0.1, 0.15) is 11.3 Å². The fourth-order valence-corrected chi connectivity index (χ4v) is 1.76. The number of hydrogen-bond donors (Lipinski definition) is 1. The van der Waals surface area contributed by atoms with Crippen LogP contribution in [-0.2, 0) is 6.61 Å². The molecule has 0 saturated heterocycles. The van der Waals surface area contributed by atoms with Crippen molar-refractivity contribution < 1.29 is 9.66 Å². The monoisotopic (exact) mass is 304 g/mol. The molecule has 0 unspecified atom stereocenters. The minimum Gasteiger partial charge on any atom is -0.480 e. The zero-order chi connectivity index (χ0) is 15.4. The summed E-state index contributed by atoms with van der Waals surface area (Å²) in [5, 5.41) is 20.1. The van der Waals surface area contributed by atoms with Crippen molar-refractivity contribution in [2.24, 2.45) is 0 Å².